The van der Waals surface area contributed by atoms with E-state index in [1.54, 1.807) is 0 Å². The van der Waals surface area contributed by atoms with Gasteiger partial charge in [-0.05, 0) is 25.8 Å². The molecule has 1 saturated carbocycles. The predicted molar refractivity (Wildman–Crippen MR) is 52.9 cm³/mol. The normalized spacial score (nSPS) is 28.5. The minimum absolute atomic E-state index is 0.129. The lowest BCUT2D eigenvalue weighted by Gasteiger charge is -2.27. The second kappa shape index (κ2) is 4.17. The van der Waals surface area contributed by atoms with Crippen LogP contribution in [0.5, 0.6) is 0 Å². The summed E-state index contributed by atoms with van der Waals surface area (Å²) in [5.74, 6) is 0. The highest BCUT2D eigenvalue weighted by molar-refractivity contribution is 5.70. The van der Waals surface area contributed by atoms with Crippen LogP contribution in [-0.4, -0.2) is 36.2 Å². The summed E-state index contributed by atoms with van der Waals surface area (Å²) < 4.78 is 5.07. The molecule has 2 rings (SSSR count). The third kappa shape index (κ3) is 1.71. The van der Waals surface area contributed by atoms with Gasteiger partial charge in [0.2, 0.25) is 0 Å². The fourth-order valence-corrected chi connectivity index (χ4v) is 2.52. The maximum atomic E-state index is 11.5. The third-order valence-electron chi connectivity index (χ3n) is 3.22. The Hall–Kier alpha value is -0.770. The molecule has 1 aliphatic heterocycles. The minimum atomic E-state index is -0.129. The molecule has 2 fully saturated rings. The van der Waals surface area contributed by atoms with Gasteiger partial charge in [-0.3, -0.25) is 4.90 Å². The van der Waals surface area contributed by atoms with Gasteiger partial charge in [0, 0.05) is 6.04 Å². The van der Waals surface area contributed by atoms with Crippen molar-refractivity contribution < 1.29 is 9.53 Å². The number of amides is 1. The molecule has 1 aliphatic carbocycles. The zero-order valence-electron chi connectivity index (χ0n) is 8.45. The van der Waals surface area contributed by atoms with E-state index in [-0.39, 0.29) is 12.1 Å². The van der Waals surface area contributed by atoms with E-state index in [1.165, 1.54) is 12.8 Å². The molecule has 1 saturated heterocycles. The number of cyclic esters (lactones) is 1. The molecule has 4 heteroatoms. The first-order valence-corrected chi connectivity index (χ1v) is 5.48. The second-order valence-electron chi connectivity index (χ2n) is 4.15. The maximum absolute atomic E-state index is 11.5. The molecule has 4 nitrogen and oxygen atoms in total. The molecular formula is C10H18N2O2. The molecule has 2 aliphatic rings. The first-order chi connectivity index (χ1) is 6.83. The fourth-order valence-electron chi connectivity index (χ4n) is 2.52. The standard InChI is InChI=1S/C10H18N2O2/c11-6-5-9-7-14-10(13)12(9)8-3-1-2-4-8/h8-9H,1-7,11H2. The molecule has 0 aromatic rings. The Morgan fingerprint density at radius 1 is 1.43 bits per heavy atom. The number of nitrogens with zero attached hydrogens (tertiary/aromatic N) is 1. The van der Waals surface area contributed by atoms with Gasteiger partial charge in [-0.1, -0.05) is 12.8 Å². The number of hydrogen-bond donors (Lipinski definition) is 1. The molecule has 14 heavy (non-hydrogen) atoms. The van der Waals surface area contributed by atoms with Crippen LogP contribution in [0.15, 0.2) is 0 Å². The van der Waals surface area contributed by atoms with Crippen LogP contribution in [0.2, 0.25) is 0 Å². The Kier molecular flexibility index (Phi) is 2.91. The summed E-state index contributed by atoms with van der Waals surface area (Å²) in [5, 5.41) is 0. The SMILES string of the molecule is NCCC1COC(=O)N1C1CCCC1. The van der Waals surface area contributed by atoms with Crippen molar-refractivity contribution in [3.8, 4) is 0 Å². The van der Waals surface area contributed by atoms with Gasteiger partial charge in [-0.2, -0.15) is 0 Å². The molecule has 80 valence electrons. The highest BCUT2D eigenvalue weighted by Crippen LogP contribution is 2.29. The van der Waals surface area contributed by atoms with E-state index in [1.807, 2.05) is 4.90 Å². The van der Waals surface area contributed by atoms with E-state index in [0.29, 0.717) is 19.2 Å². The Labute approximate surface area is 84.4 Å². The largest absolute Gasteiger partial charge is 0.447 e. The molecular weight excluding hydrogens is 180 g/mol. The number of rotatable bonds is 3. The highest BCUT2D eigenvalue weighted by atomic mass is 16.6. The van der Waals surface area contributed by atoms with Gasteiger partial charge >= 0.3 is 6.09 Å². The molecule has 1 atom stereocenters. The molecule has 1 heterocycles. The van der Waals surface area contributed by atoms with Crippen LogP contribution in [0.25, 0.3) is 0 Å². The molecule has 1 amide bonds. The van der Waals surface area contributed by atoms with Crippen LogP contribution >= 0.6 is 0 Å². The zero-order chi connectivity index (χ0) is 9.97. The van der Waals surface area contributed by atoms with Crippen LogP contribution in [0.1, 0.15) is 32.1 Å². The van der Waals surface area contributed by atoms with Crippen molar-refractivity contribution in [2.24, 2.45) is 5.73 Å². The summed E-state index contributed by atoms with van der Waals surface area (Å²) in [7, 11) is 0. The lowest BCUT2D eigenvalue weighted by Crippen LogP contribution is -2.41. The predicted octanol–water partition coefficient (Wildman–Crippen LogP) is 1.10. The molecule has 1 unspecified atom stereocenters. The van der Waals surface area contributed by atoms with Crippen LogP contribution in [0.4, 0.5) is 4.79 Å². The van der Waals surface area contributed by atoms with E-state index in [4.69, 9.17) is 10.5 Å². The Bertz CT molecular complexity index is 214. The molecule has 0 aromatic heterocycles. The summed E-state index contributed by atoms with van der Waals surface area (Å²) in [6, 6.07) is 0.650. The summed E-state index contributed by atoms with van der Waals surface area (Å²) in [6.07, 6.45) is 5.48. The molecule has 0 spiro atoms. The third-order valence-corrected chi connectivity index (χ3v) is 3.22. The lowest BCUT2D eigenvalue weighted by molar-refractivity contribution is 0.144. The molecule has 2 N–H and O–H groups in total. The second-order valence-corrected chi connectivity index (χ2v) is 4.15. The summed E-state index contributed by atoms with van der Waals surface area (Å²) in [5.41, 5.74) is 5.52. The topological polar surface area (TPSA) is 55.6 Å². The quantitative estimate of drug-likeness (QED) is 0.738. The Balaban J connectivity index is 2.00. The van der Waals surface area contributed by atoms with Gasteiger partial charge in [0.15, 0.2) is 0 Å². The van der Waals surface area contributed by atoms with Crippen LogP contribution < -0.4 is 5.73 Å². The van der Waals surface area contributed by atoms with Gasteiger partial charge in [-0.25, -0.2) is 4.79 Å². The molecule has 0 aromatic carbocycles. The van der Waals surface area contributed by atoms with Crippen molar-refractivity contribution in [1.82, 2.24) is 4.90 Å². The first kappa shape index (κ1) is 9.77. The first-order valence-electron chi connectivity index (χ1n) is 5.48. The van der Waals surface area contributed by atoms with Gasteiger partial charge in [-0.15, -0.1) is 0 Å². The number of carbonyl (C=O) groups excluding carboxylic acids is 1. The monoisotopic (exact) mass is 198 g/mol. The van der Waals surface area contributed by atoms with Crippen molar-refractivity contribution in [2.75, 3.05) is 13.2 Å². The van der Waals surface area contributed by atoms with Crippen LogP contribution in [0.3, 0.4) is 0 Å². The van der Waals surface area contributed by atoms with Crippen molar-refractivity contribution >= 4 is 6.09 Å². The smallest absolute Gasteiger partial charge is 0.410 e. The van der Waals surface area contributed by atoms with Crippen molar-refractivity contribution in [3.63, 3.8) is 0 Å². The average Bonchev–Trinajstić information content (AvgIpc) is 2.76. The maximum Gasteiger partial charge on any atom is 0.410 e. The summed E-state index contributed by atoms with van der Waals surface area (Å²) >= 11 is 0. The number of carbonyl (C=O) groups is 1. The number of hydrogen-bond acceptors (Lipinski definition) is 3. The van der Waals surface area contributed by atoms with Gasteiger partial charge < -0.3 is 10.5 Å². The van der Waals surface area contributed by atoms with Crippen LogP contribution in [0, 0.1) is 0 Å². The van der Waals surface area contributed by atoms with Gasteiger partial charge in [0.25, 0.3) is 0 Å². The average molecular weight is 198 g/mol. The van der Waals surface area contributed by atoms with Crippen molar-refractivity contribution in [3.05, 3.63) is 0 Å². The molecule has 0 radical (unpaired) electrons. The number of nitrogens with two attached hydrogens (primary N) is 1. The van der Waals surface area contributed by atoms with Gasteiger partial charge in [0.05, 0.1) is 6.04 Å². The van der Waals surface area contributed by atoms with Crippen LogP contribution in [-0.2, 0) is 4.74 Å². The van der Waals surface area contributed by atoms with E-state index in [0.717, 1.165) is 19.3 Å². The number of ether oxygens (including phenoxy) is 1. The Morgan fingerprint density at radius 2 is 2.14 bits per heavy atom. The Morgan fingerprint density at radius 3 is 2.79 bits per heavy atom. The summed E-state index contributed by atoms with van der Waals surface area (Å²) in [4.78, 5) is 13.4. The molecule has 0 bridgehead atoms. The van der Waals surface area contributed by atoms with E-state index < -0.39 is 0 Å². The van der Waals surface area contributed by atoms with E-state index in [2.05, 4.69) is 0 Å². The zero-order valence-corrected chi connectivity index (χ0v) is 8.45. The lowest BCUT2D eigenvalue weighted by atomic mass is 10.1. The van der Waals surface area contributed by atoms with Crippen molar-refractivity contribution in [2.45, 2.75) is 44.2 Å². The fraction of sp³-hybridized carbons (Fsp3) is 0.900. The van der Waals surface area contributed by atoms with Crippen molar-refractivity contribution in [1.29, 1.82) is 0 Å². The highest BCUT2D eigenvalue weighted by Gasteiger charge is 2.38. The van der Waals surface area contributed by atoms with Gasteiger partial charge in [0.1, 0.15) is 6.61 Å². The summed E-state index contributed by atoms with van der Waals surface area (Å²) in [6.45, 7) is 1.16. The minimum Gasteiger partial charge on any atom is -0.447 e. The van der Waals surface area contributed by atoms with E-state index in [9.17, 15) is 4.79 Å². The van der Waals surface area contributed by atoms with E-state index >= 15 is 0 Å².